The number of nitrogens with one attached hydrogen (secondary N) is 1. The first-order valence-corrected chi connectivity index (χ1v) is 11.1. The molecule has 1 aliphatic rings. The van der Waals surface area contributed by atoms with Gasteiger partial charge in [-0.3, -0.25) is 14.2 Å². The van der Waals surface area contributed by atoms with Gasteiger partial charge in [0.15, 0.2) is 0 Å². The predicted octanol–water partition coefficient (Wildman–Crippen LogP) is 2.88. The number of hydrogen-bond acceptors (Lipinski definition) is 5. The number of likely N-dealkylation sites (tertiary alicyclic amines) is 1. The fraction of sp³-hybridized carbons (Fsp3) is 0.400. The summed E-state index contributed by atoms with van der Waals surface area (Å²) in [6, 6.07) is 6.99. The van der Waals surface area contributed by atoms with E-state index in [0.717, 1.165) is 18.5 Å². The summed E-state index contributed by atoms with van der Waals surface area (Å²) in [5.41, 5.74) is 0.870. The highest BCUT2D eigenvalue weighted by atomic mass is 16.5. The molecule has 0 aliphatic carbocycles. The molecule has 0 saturated carbocycles. The van der Waals surface area contributed by atoms with E-state index in [1.165, 1.54) is 4.57 Å². The van der Waals surface area contributed by atoms with Gasteiger partial charge in [-0.05, 0) is 50.4 Å². The first-order valence-electron chi connectivity index (χ1n) is 11.1. The quantitative estimate of drug-likeness (QED) is 0.507. The van der Waals surface area contributed by atoms with E-state index >= 15 is 0 Å². The summed E-state index contributed by atoms with van der Waals surface area (Å²) >= 11 is 0. The van der Waals surface area contributed by atoms with Crippen LogP contribution in [0.3, 0.4) is 0 Å². The van der Waals surface area contributed by atoms with E-state index < -0.39 is 5.69 Å². The lowest BCUT2D eigenvalue weighted by Crippen LogP contribution is -2.47. The van der Waals surface area contributed by atoms with Crippen molar-refractivity contribution in [3.63, 3.8) is 0 Å². The van der Waals surface area contributed by atoms with Crippen LogP contribution in [0.2, 0.25) is 0 Å². The lowest BCUT2D eigenvalue weighted by molar-refractivity contribution is -0.151. The number of hydrogen-bond donors (Lipinski definition) is 1. The van der Waals surface area contributed by atoms with Crippen molar-refractivity contribution in [3.05, 3.63) is 81.6 Å². The molecule has 170 valence electrons. The number of aromatic nitrogens is 2. The van der Waals surface area contributed by atoms with E-state index in [1.54, 1.807) is 37.3 Å². The second-order valence-corrected chi connectivity index (χ2v) is 7.89. The number of fused-ring (bicyclic) bond motifs is 1. The normalized spacial score (nSPS) is 20.0. The predicted molar refractivity (Wildman–Crippen MR) is 127 cm³/mol. The minimum Gasteiger partial charge on any atom is -0.466 e. The van der Waals surface area contributed by atoms with E-state index in [9.17, 15) is 14.4 Å². The molecule has 2 unspecified atom stereocenters. The number of aromatic amines is 1. The molecule has 0 bridgehead atoms. The van der Waals surface area contributed by atoms with Crippen molar-refractivity contribution >= 4 is 16.9 Å². The highest BCUT2D eigenvalue weighted by Gasteiger charge is 2.36. The number of allylic oxidation sites excluding steroid dienone is 5. The van der Waals surface area contributed by atoms with E-state index in [-0.39, 0.29) is 29.9 Å². The summed E-state index contributed by atoms with van der Waals surface area (Å²) in [5, 5.41) is 0.487. The molecule has 2 aromatic rings. The minimum atomic E-state index is -0.421. The molecule has 0 radical (unpaired) electrons. The molecule has 1 fully saturated rings. The van der Waals surface area contributed by atoms with Gasteiger partial charge in [0.1, 0.15) is 0 Å². The summed E-state index contributed by atoms with van der Waals surface area (Å²) in [4.78, 5) is 42.9. The number of nitrogens with zero attached hydrogens (tertiary/aromatic N) is 2. The third kappa shape index (κ3) is 5.16. The molecule has 2 heterocycles. The third-order valence-electron chi connectivity index (χ3n) is 5.91. The van der Waals surface area contributed by atoms with Gasteiger partial charge in [-0.15, -0.1) is 0 Å². The van der Waals surface area contributed by atoms with Gasteiger partial charge in [0.25, 0.3) is 5.56 Å². The molecule has 0 spiro atoms. The Balaban J connectivity index is 1.79. The largest absolute Gasteiger partial charge is 0.466 e. The molecule has 1 aromatic heterocycles. The zero-order chi connectivity index (χ0) is 23.1. The van der Waals surface area contributed by atoms with Crippen LogP contribution in [0.25, 0.3) is 10.9 Å². The van der Waals surface area contributed by atoms with Crippen molar-refractivity contribution in [1.82, 2.24) is 14.5 Å². The summed E-state index contributed by atoms with van der Waals surface area (Å²) in [5.74, 6) is -0.508. The number of piperidine rings is 1. The molecule has 1 aliphatic heterocycles. The monoisotopic (exact) mass is 437 g/mol. The van der Waals surface area contributed by atoms with Gasteiger partial charge in [0, 0.05) is 19.6 Å². The maximum absolute atomic E-state index is 12.8. The Kier molecular flexibility index (Phi) is 8.00. The van der Waals surface area contributed by atoms with Gasteiger partial charge in [0.2, 0.25) is 0 Å². The smallest absolute Gasteiger partial charge is 0.328 e. The zero-order valence-corrected chi connectivity index (χ0v) is 18.8. The highest BCUT2D eigenvalue weighted by Crippen LogP contribution is 2.32. The topological polar surface area (TPSA) is 84.4 Å². The third-order valence-corrected chi connectivity index (χ3v) is 5.91. The highest BCUT2D eigenvalue weighted by molar-refractivity contribution is 5.77. The molecular weight excluding hydrogens is 406 g/mol. The van der Waals surface area contributed by atoms with Crippen LogP contribution in [0.5, 0.6) is 0 Å². The molecule has 3 rings (SSSR count). The number of ether oxygens (including phenoxy) is 1. The van der Waals surface area contributed by atoms with Crippen molar-refractivity contribution in [2.45, 2.75) is 26.8 Å². The van der Waals surface area contributed by atoms with Crippen molar-refractivity contribution in [2.24, 2.45) is 11.8 Å². The van der Waals surface area contributed by atoms with Crippen LogP contribution < -0.4 is 11.2 Å². The molecule has 1 saturated heterocycles. The molecule has 2 atom stereocenters. The Bertz CT molecular complexity index is 1140. The average molecular weight is 438 g/mol. The van der Waals surface area contributed by atoms with Crippen molar-refractivity contribution in [3.8, 4) is 0 Å². The van der Waals surface area contributed by atoms with Crippen LogP contribution >= 0.6 is 0 Å². The number of rotatable bonds is 8. The lowest BCUT2D eigenvalue weighted by atomic mass is 9.79. The Morgan fingerprint density at radius 3 is 2.75 bits per heavy atom. The number of carbonyl (C=O) groups is 1. The van der Waals surface area contributed by atoms with E-state index in [1.807, 2.05) is 25.2 Å². The fourth-order valence-corrected chi connectivity index (χ4v) is 4.38. The molecule has 0 amide bonds. The summed E-state index contributed by atoms with van der Waals surface area (Å²) in [6.45, 7) is 9.89. The Hall–Kier alpha value is -3.19. The van der Waals surface area contributed by atoms with Gasteiger partial charge >= 0.3 is 11.7 Å². The standard InChI is InChI=1S/C25H31N3O4/c1-4-9-18(10-5-2)19-13-14-27(17-21(19)24(30)32-6-3)15-16-28-23(29)20-11-7-8-12-22(20)26-25(28)31/h4-5,7-12,19,21H,1,6,13-17H2,2-3H3,(H,26,31)/b10-5-,18-9+. The molecule has 1 aromatic carbocycles. The van der Waals surface area contributed by atoms with Crippen LogP contribution in [-0.2, 0) is 16.1 Å². The SMILES string of the molecule is C=C/C=C(\C=C/C)C1CCN(CCn2c(=O)[nH]c3ccccc3c2=O)CC1C(=O)OCC. The van der Waals surface area contributed by atoms with Gasteiger partial charge in [-0.1, -0.05) is 43.0 Å². The molecular formula is C25H31N3O4. The first kappa shape index (κ1) is 23.5. The second kappa shape index (κ2) is 10.9. The Labute approximate surface area is 187 Å². The van der Waals surface area contributed by atoms with Crippen LogP contribution in [0.15, 0.2) is 70.3 Å². The van der Waals surface area contributed by atoms with E-state index in [4.69, 9.17) is 4.74 Å². The molecule has 7 heteroatoms. The van der Waals surface area contributed by atoms with Gasteiger partial charge in [-0.25, -0.2) is 4.79 Å². The van der Waals surface area contributed by atoms with Crippen LogP contribution in [0.1, 0.15) is 20.3 Å². The van der Waals surface area contributed by atoms with Crippen molar-refractivity contribution in [1.29, 1.82) is 0 Å². The summed E-state index contributed by atoms with van der Waals surface area (Å²) < 4.78 is 6.60. The number of carbonyl (C=O) groups excluding carboxylic acids is 1. The van der Waals surface area contributed by atoms with Crippen LogP contribution in [0.4, 0.5) is 0 Å². The van der Waals surface area contributed by atoms with E-state index in [2.05, 4.69) is 16.5 Å². The number of H-pyrrole nitrogens is 1. The Morgan fingerprint density at radius 2 is 2.03 bits per heavy atom. The van der Waals surface area contributed by atoms with Gasteiger partial charge in [0.05, 0.1) is 23.4 Å². The number of para-hydroxylation sites is 1. The summed E-state index contributed by atoms with van der Waals surface area (Å²) in [6.07, 6.45) is 8.43. The minimum absolute atomic E-state index is 0.0336. The maximum Gasteiger partial charge on any atom is 0.328 e. The molecule has 1 N–H and O–H groups in total. The Morgan fingerprint density at radius 1 is 1.25 bits per heavy atom. The molecule has 32 heavy (non-hydrogen) atoms. The van der Waals surface area contributed by atoms with Crippen LogP contribution in [0, 0.1) is 11.8 Å². The van der Waals surface area contributed by atoms with Crippen LogP contribution in [-0.4, -0.2) is 46.7 Å². The maximum atomic E-state index is 12.8. The zero-order valence-electron chi connectivity index (χ0n) is 18.8. The number of benzene rings is 1. The summed E-state index contributed by atoms with van der Waals surface area (Å²) in [7, 11) is 0. The second-order valence-electron chi connectivity index (χ2n) is 7.89. The fourth-order valence-electron chi connectivity index (χ4n) is 4.38. The van der Waals surface area contributed by atoms with Gasteiger partial charge < -0.3 is 14.6 Å². The molecule has 7 nitrogen and oxygen atoms in total. The van der Waals surface area contributed by atoms with Crippen molar-refractivity contribution in [2.75, 3.05) is 26.2 Å². The van der Waals surface area contributed by atoms with Gasteiger partial charge in [-0.2, -0.15) is 0 Å². The van der Waals surface area contributed by atoms with E-state index in [0.29, 0.717) is 30.6 Å². The van der Waals surface area contributed by atoms with Crippen molar-refractivity contribution < 1.29 is 9.53 Å². The first-order chi connectivity index (χ1) is 15.5. The number of esters is 1. The lowest BCUT2D eigenvalue weighted by Gasteiger charge is -2.38. The average Bonchev–Trinajstić information content (AvgIpc) is 2.79.